The van der Waals surface area contributed by atoms with E-state index in [1.807, 2.05) is 0 Å². The minimum absolute atomic E-state index is 0.0509. The van der Waals surface area contributed by atoms with Crippen LogP contribution in [0.4, 0.5) is 0 Å². The van der Waals surface area contributed by atoms with Crippen LogP contribution in [-0.4, -0.2) is 55.7 Å². The second-order valence-electron chi connectivity index (χ2n) is 2.64. The molecule has 0 amide bonds. The molecule has 0 aromatic rings. The van der Waals surface area contributed by atoms with E-state index >= 15 is 0 Å². The van der Waals surface area contributed by atoms with Gasteiger partial charge in [-0.3, -0.25) is 0 Å². The van der Waals surface area contributed by atoms with Crippen LogP contribution in [0.3, 0.4) is 0 Å². The molecule has 0 aromatic heterocycles. The molecule has 0 atom stereocenters. The molecule has 0 spiro atoms. The number of hydrogen-bond donors (Lipinski definition) is 2. The van der Waals surface area contributed by atoms with Crippen molar-refractivity contribution in [2.24, 2.45) is 0 Å². The van der Waals surface area contributed by atoms with Crippen molar-refractivity contribution in [1.82, 2.24) is 9.44 Å². The van der Waals surface area contributed by atoms with E-state index in [2.05, 4.69) is 9.44 Å². The minimum atomic E-state index is -3.51. The molecule has 0 bridgehead atoms. The molecule has 8 heteroatoms. The van der Waals surface area contributed by atoms with Gasteiger partial charge < -0.3 is 14.2 Å². The lowest BCUT2D eigenvalue weighted by molar-refractivity contribution is -0.0961. The highest BCUT2D eigenvalue weighted by atomic mass is 32.2. The average Bonchev–Trinajstić information content (AvgIpc) is 2.19. The Bertz CT molecular complexity index is 240. The Morgan fingerprint density at radius 2 is 1.73 bits per heavy atom. The van der Waals surface area contributed by atoms with Gasteiger partial charge in [0.25, 0.3) is 10.2 Å². The van der Waals surface area contributed by atoms with E-state index in [1.54, 1.807) is 0 Å². The Labute approximate surface area is 90.3 Å². The van der Waals surface area contributed by atoms with Gasteiger partial charge >= 0.3 is 0 Å². The van der Waals surface area contributed by atoms with Gasteiger partial charge in [0, 0.05) is 27.9 Å². The highest BCUT2D eigenvalue weighted by Crippen LogP contribution is 1.88. The highest BCUT2D eigenvalue weighted by molar-refractivity contribution is 7.87. The number of methoxy groups -OCH3 is 3. The average molecular weight is 242 g/mol. The SMILES string of the molecule is COCCNS(=O)(=O)NCC(OC)OC. The van der Waals surface area contributed by atoms with Crippen LogP contribution in [0.2, 0.25) is 0 Å². The predicted molar refractivity (Wildman–Crippen MR) is 54.6 cm³/mol. The van der Waals surface area contributed by atoms with Gasteiger partial charge in [-0.15, -0.1) is 0 Å². The van der Waals surface area contributed by atoms with Crippen molar-refractivity contribution in [3.8, 4) is 0 Å². The van der Waals surface area contributed by atoms with Gasteiger partial charge in [-0.2, -0.15) is 17.9 Å². The van der Waals surface area contributed by atoms with Gasteiger partial charge in [-0.1, -0.05) is 0 Å². The second kappa shape index (κ2) is 7.97. The van der Waals surface area contributed by atoms with Gasteiger partial charge in [-0.25, -0.2) is 0 Å². The molecule has 0 saturated carbocycles. The summed E-state index contributed by atoms with van der Waals surface area (Å²) in [5.41, 5.74) is 0. The fraction of sp³-hybridized carbons (Fsp3) is 1.00. The molecular formula is C7H18N2O5S. The number of ether oxygens (including phenoxy) is 3. The van der Waals surface area contributed by atoms with Crippen LogP contribution in [-0.2, 0) is 24.4 Å². The zero-order chi connectivity index (χ0) is 11.7. The van der Waals surface area contributed by atoms with E-state index in [-0.39, 0.29) is 13.1 Å². The Balaban J connectivity index is 3.82. The summed E-state index contributed by atoms with van der Waals surface area (Å²) in [6, 6.07) is 0. The normalized spacial score (nSPS) is 12.3. The van der Waals surface area contributed by atoms with Gasteiger partial charge in [0.05, 0.1) is 13.2 Å². The molecule has 92 valence electrons. The first-order chi connectivity index (χ1) is 7.05. The third kappa shape index (κ3) is 7.65. The van der Waals surface area contributed by atoms with Crippen molar-refractivity contribution >= 4 is 10.2 Å². The summed E-state index contributed by atoms with van der Waals surface area (Å²) in [6.07, 6.45) is -0.594. The summed E-state index contributed by atoms with van der Waals surface area (Å²) in [5, 5.41) is 0. The zero-order valence-electron chi connectivity index (χ0n) is 9.15. The van der Waals surface area contributed by atoms with Crippen molar-refractivity contribution in [3.63, 3.8) is 0 Å². The molecule has 0 fully saturated rings. The highest BCUT2D eigenvalue weighted by Gasteiger charge is 2.12. The number of hydrogen-bond acceptors (Lipinski definition) is 5. The van der Waals surface area contributed by atoms with E-state index < -0.39 is 16.5 Å². The van der Waals surface area contributed by atoms with E-state index in [0.29, 0.717) is 6.61 Å². The van der Waals surface area contributed by atoms with Crippen molar-refractivity contribution in [3.05, 3.63) is 0 Å². The van der Waals surface area contributed by atoms with E-state index in [9.17, 15) is 8.42 Å². The molecular weight excluding hydrogens is 224 g/mol. The second-order valence-corrected chi connectivity index (χ2v) is 4.22. The predicted octanol–water partition coefficient (Wildman–Crippen LogP) is -1.32. The lowest BCUT2D eigenvalue weighted by Gasteiger charge is -2.14. The molecule has 0 rings (SSSR count). The first-order valence-corrected chi connectivity index (χ1v) is 5.82. The van der Waals surface area contributed by atoms with E-state index in [4.69, 9.17) is 14.2 Å². The van der Waals surface area contributed by atoms with Gasteiger partial charge in [0.1, 0.15) is 0 Å². The van der Waals surface area contributed by atoms with Gasteiger partial charge in [0.15, 0.2) is 6.29 Å². The molecule has 0 unspecified atom stereocenters. The third-order valence-electron chi connectivity index (χ3n) is 1.56. The summed E-state index contributed by atoms with van der Waals surface area (Å²) in [4.78, 5) is 0. The number of rotatable bonds is 9. The summed E-state index contributed by atoms with van der Waals surface area (Å²) < 4.78 is 41.4. The maximum absolute atomic E-state index is 11.3. The summed E-state index contributed by atoms with van der Waals surface area (Å²) in [5.74, 6) is 0. The smallest absolute Gasteiger partial charge is 0.277 e. The van der Waals surface area contributed by atoms with E-state index in [1.165, 1.54) is 21.3 Å². The Kier molecular flexibility index (Phi) is 7.83. The molecule has 0 aliphatic rings. The lowest BCUT2D eigenvalue weighted by Crippen LogP contribution is -2.42. The van der Waals surface area contributed by atoms with Crippen LogP contribution in [0.25, 0.3) is 0 Å². The first-order valence-electron chi connectivity index (χ1n) is 4.34. The van der Waals surface area contributed by atoms with Crippen LogP contribution in [0.5, 0.6) is 0 Å². The Morgan fingerprint density at radius 3 is 2.20 bits per heavy atom. The molecule has 2 N–H and O–H groups in total. The first kappa shape index (κ1) is 14.8. The van der Waals surface area contributed by atoms with Gasteiger partial charge in [-0.05, 0) is 0 Å². The quantitative estimate of drug-likeness (QED) is 0.387. The van der Waals surface area contributed by atoms with Crippen molar-refractivity contribution in [2.75, 3.05) is 41.0 Å². The van der Waals surface area contributed by atoms with Crippen molar-refractivity contribution in [1.29, 1.82) is 0 Å². The van der Waals surface area contributed by atoms with Crippen LogP contribution in [0, 0.1) is 0 Å². The molecule has 0 heterocycles. The molecule has 0 saturated heterocycles. The molecule has 0 aliphatic heterocycles. The fourth-order valence-corrected chi connectivity index (χ4v) is 1.58. The summed E-state index contributed by atoms with van der Waals surface area (Å²) >= 11 is 0. The summed E-state index contributed by atoms with van der Waals surface area (Å²) in [7, 11) is 0.847. The molecule has 0 aromatic carbocycles. The lowest BCUT2D eigenvalue weighted by atomic mass is 10.6. The number of nitrogens with one attached hydrogen (secondary N) is 2. The Hall–Kier alpha value is -0.250. The van der Waals surface area contributed by atoms with Crippen LogP contribution >= 0.6 is 0 Å². The standard InChI is InChI=1S/C7H18N2O5S/c1-12-5-4-8-15(10,11)9-6-7(13-2)14-3/h7-9H,4-6H2,1-3H3. The third-order valence-corrected chi connectivity index (χ3v) is 2.69. The monoisotopic (exact) mass is 242 g/mol. The zero-order valence-corrected chi connectivity index (χ0v) is 9.96. The van der Waals surface area contributed by atoms with Crippen LogP contribution in [0.1, 0.15) is 0 Å². The molecule has 0 radical (unpaired) electrons. The van der Waals surface area contributed by atoms with E-state index in [0.717, 1.165) is 0 Å². The van der Waals surface area contributed by atoms with Crippen molar-refractivity contribution in [2.45, 2.75) is 6.29 Å². The largest absolute Gasteiger partial charge is 0.383 e. The summed E-state index contributed by atoms with van der Waals surface area (Å²) in [6.45, 7) is 0.588. The van der Waals surface area contributed by atoms with Gasteiger partial charge in [0.2, 0.25) is 0 Å². The maximum Gasteiger partial charge on any atom is 0.277 e. The van der Waals surface area contributed by atoms with Crippen LogP contribution < -0.4 is 9.44 Å². The molecule has 0 aliphatic carbocycles. The molecule has 7 nitrogen and oxygen atoms in total. The molecule has 15 heavy (non-hydrogen) atoms. The maximum atomic E-state index is 11.3. The topological polar surface area (TPSA) is 85.9 Å². The van der Waals surface area contributed by atoms with Crippen molar-refractivity contribution < 1.29 is 22.6 Å². The minimum Gasteiger partial charge on any atom is -0.383 e. The van der Waals surface area contributed by atoms with Crippen LogP contribution in [0.15, 0.2) is 0 Å². The fourth-order valence-electron chi connectivity index (χ4n) is 0.770. The Morgan fingerprint density at radius 1 is 1.13 bits per heavy atom.